The number of imidazole rings is 1. The molecule has 0 aliphatic heterocycles. The second-order valence-electron chi connectivity index (χ2n) is 9.26. The van der Waals surface area contributed by atoms with Gasteiger partial charge in [-0.1, -0.05) is 36.4 Å². The number of hydrogen-bond acceptors (Lipinski definition) is 6. The molecule has 2 aromatic carbocycles. The van der Waals surface area contributed by atoms with E-state index in [-0.39, 0.29) is 36.6 Å². The SMILES string of the molecule is Cc1ccc(S(=O)(=O)NCC(C)(C)O)cc1-c1cnc2c(NCc3ccccc3)nc(C(F)(F)F)cn12.[HH]. The van der Waals surface area contributed by atoms with Gasteiger partial charge in [-0.25, -0.2) is 23.1 Å². The summed E-state index contributed by atoms with van der Waals surface area (Å²) in [6.45, 7) is 4.65. The molecule has 0 aliphatic rings. The maximum absolute atomic E-state index is 13.7. The van der Waals surface area contributed by atoms with Crippen molar-refractivity contribution in [3.05, 3.63) is 77.7 Å². The molecular formula is C25H28F3N5O3S. The van der Waals surface area contributed by atoms with E-state index < -0.39 is 27.5 Å². The number of benzene rings is 2. The minimum absolute atomic E-state index is 0. The van der Waals surface area contributed by atoms with Gasteiger partial charge in [-0.3, -0.25) is 4.40 Å². The van der Waals surface area contributed by atoms with Crippen LogP contribution in [0.15, 0.2) is 65.8 Å². The molecule has 4 aromatic rings. The average molecular weight is 536 g/mol. The van der Waals surface area contributed by atoms with E-state index in [1.54, 1.807) is 13.0 Å². The first-order valence-corrected chi connectivity index (χ1v) is 12.8. The maximum Gasteiger partial charge on any atom is 0.434 e. The molecule has 2 aromatic heterocycles. The number of nitrogens with one attached hydrogen (secondary N) is 2. The van der Waals surface area contributed by atoms with Crippen LogP contribution in [0.1, 0.15) is 32.1 Å². The molecular weight excluding hydrogens is 507 g/mol. The molecule has 0 unspecified atom stereocenters. The number of aliphatic hydroxyl groups is 1. The Morgan fingerprint density at radius 3 is 2.46 bits per heavy atom. The third kappa shape index (κ3) is 6.09. The van der Waals surface area contributed by atoms with Crippen LogP contribution in [0.25, 0.3) is 16.9 Å². The third-order valence-corrected chi connectivity index (χ3v) is 6.97. The molecule has 0 spiro atoms. The molecule has 37 heavy (non-hydrogen) atoms. The summed E-state index contributed by atoms with van der Waals surface area (Å²) in [6.07, 6.45) is -2.49. The van der Waals surface area contributed by atoms with Crippen molar-refractivity contribution in [1.82, 2.24) is 19.1 Å². The second kappa shape index (κ2) is 9.77. The van der Waals surface area contributed by atoms with Gasteiger partial charge in [0, 0.05) is 26.3 Å². The van der Waals surface area contributed by atoms with Gasteiger partial charge < -0.3 is 10.4 Å². The Balaban J connectivity index is 0.00000400. The highest BCUT2D eigenvalue weighted by atomic mass is 32.2. The van der Waals surface area contributed by atoms with Gasteiger partial charge in [0.15, 0.2) is 17.2 Å². The van der Waals surface area contributed by atoms with Gasteiger partial charge >= 0.3 is 6.18 Å². The van der Waals surface area contributed by atoms with Crippen molar-refractivity contribution in [1.29, 1.82) is 0 Å². The molecule has 8 nitrogen and oxygen atoms in total. The fourth-order valence-electron chi connectivity index (χ4n) is 3.62. The molecule has 0 bridgehead atoms. The number of anilines is 1. The van der Waals surface area contributed by atoms with Crippen LogP contribution in [-0.4, -0.2) is 40.0 Å². The van der Waals surface area contributed by atoms with Gasteiger partial charge in [0.25, 0.3) is 0 Å². The first-order valence-electron chi connectivity index (χ1n) is 11.3. The summed E-state index contributed by atoms with van der Waals surface area (Å²) in [5.74, 6) is -0.0572. The van der Waals surface area contributed by atoms with Crippen LogP contribution < -0.4 is 10.0 Å². The van der Waals surface area contributed by atoms with Gasteiger partial charge in [-0.05, 0) is 44.0 Å². The van der Waals surface area contributed by atoms with Crippen LogP contribution in [0, 0.1) is 6.92 Å². The molecule has 0 fully saturated rings. The van der Waals surface area contributed by atoms with Crippen LogP contribution in [0.3, 0.4) is 0 Å². The summed E-state index contributed by atoms with van der Waals surface area (Å²) < 4.78 is 70.5. The van der Waals surface area contributed by atoms with Crippen molar-refractivity contribution in [2.45, 2.75) is 44.0 Å². The molecule has 0 aliphatic carbocycles. The van der Waals surface area contributed by atoms with E-state index in [0.717, 1.165) is 11.8 Å². The first kappa shape index (κ1) is 26.6. The van der Waals surface area contributed by atoms with Crippen LogP contribution in [0.2, 0.25) is 0 Å². The summed E-state index contributed by atoms with van der Waals surface area (Å²) in [5, 5.41) is 12.8. The lowest BCUT2D eigenvalue weighted by atomic mass is 10.1. The normalized spacial score (nSPS) is 12.7. The molecule has 4 rings (SSSR count). The lowest BCUT2D eigenvalue weighted by Gasteiger charge is -2.18. The topological polar surface area (TPSA) is 109 Å². The van der Waals surface area contributed by atoms with E-state index in [1.807, 2.05) is 30.3 Å². The number of halogens is 3. The summed E-state index contributed by atoms with van der Waals surface area (Å²) in [6, 6.07) is 13.5. The highest BCUT2D eigenvalue weighted by Crippen LogP contribution is 2.33. The predicted molar refractivity (Wildman–Crippen MR) is 136 cm³/mol. The predicted octanol–water partition coefficient (Wildman–Crippen LogP) is 4.63. The summed E-state index contributed by atoms with van der Waals surface area (Å²) in [7, 11) is -4.00. The maximum atomic E-state index is 13.7. The van der Waals surface area contributed by atoms with E-state index in [4.69, 9.17) is 0 Å². The lowest BCUT2D eigenvalue weighted by molar-refractivity contribution is -0.141. The minimum Gasteiger partial charge on any atom is -0.389 e. The molecule has 3 N–H and O–H groups in total. The Hall–Kier alpha value is -3.48. The molecule has 0 radical (unpaired) electrons. The van der Waals surface area contributed by atoms with Crippen LogP contribution in [0.4, 0.5) is 19.0 Å². The van der Waals surface area contributed by atoms with Gasteiger partial charge in [-0.15, -0.1) is 0 Å². The molecule has 0 saturated heterocycles. The molecule has 198 valence electrons. The highest BCUT2D eigenvalue weighted by Gasteiger charge is 2.34. The minimum atomic E-state index is -4.72. The Morgan fingerprint density at radius 1 is 1.11 bits per heavy atom. The zero-order chi connectivity index (χ0) is 27.0. The van der Waals surface area contributed by atoms with Crippen LogP contribution in [0.5, 0.6) is 0 Å². The fraction of sp³-hybridized carbons (Fsp3) is 0.280. The summed E-state index contributed by atoms with van der Waals surface area (Å²) in [4.78, 5) is 7.98. The standard InChI is InChI=1S/C25H26F3N5O3S.H2/c1-16-9-10-18(37(35,36)31-15-24(2,3)34)11-19(16)20-13-30-23-22(29-12-17-7-5-4-6-8-17)32-21(14-33(20)23)25(26,27)28;/h4-11,13-14,31,34H,12,15H2,1-3H3,(H,29,32);1H. The quantitative estimate of drug-likeness (QED) is 0.304. The summed E-state index contributed by atoms with van der Waals surface area (Å²) in [5.41, 5.74) is -0.109. The van der Waals surface area contributed by atoms with Crippen molar-refractivity contribution in [3.63, 3.8) is 0 Å². The van der Waals surface area contributed by atoms with Crippen molar-refractivity contribution in [2.24, 2.45) is 0 Å². The third-order valence-electron chi connectivity index (χ3n) is 5.58. The van der Waals surface area contributed by atoms with Crippen LogP contribution >= 0.6 is 0 Å². The van der Waals surface area contributed by atoms with Gasteiger partial charge in [0.2, 0.25) is 10.0 Å². The van der Waals surface area contributed by atoms with E-state index >= 15 is 0 Å². The highest BCUT2D eigenvalue weighted by molar-refractivity contribution is 7.89. The van der Waals surface area contributed by atoms with Gasteiger partial charge in [0.1, 0.15) is 0 Å². The second-order valence-corrected chi connectivity index (χ2v) is 11.0. The van der Waals surface area contributed by atoms with Gasteiger partial charge in [-0.2, -0.15) is 13.2 Å². The molecule has 0 saturated carbocycles. The van der Waals surface area contributed by atoms with E-state index in [1.165, 1.54) is 36.6 Å². The Labute approximate surface area is 213 Å². The number of nitrogens with zero attached hydrogens (tertiary/aromatic N) is 3. The number of sulfonamides is 1. The molecule has 0 amide bonds. The Kier molecular flexibility index (Phi) is 7.01. The number of alkyl halides is 3. The molecule has 12 heteroatoms. The van der Waals surface area contributed by atoms with Crippen molar-refractivity contribution in [3.8, 4) is 11.3 Å². The zero-order valence-corrected chi connectivity index (χ0v) is 21.2. The van der Waals surface area contributed by atoms with E-state index in [2.05, 4.69) is 20.0 Å². The number of aryl methyl sites for hydroxylation is 1. The lowest BCUT2D eigenvalue weighted by Crippen LogP contribution is -2.38. The average Bonchev–Trinajstić information content (AvgIpc) is 3.25. The van der Waals surface area contributed by atoms with E-state index in [9.17, 15) is 26.7 Å². The van der Waals surface area contributed by atoms with Crippen molar-refractivity contribution in [2.75, 3.05) is 11.9 Å². The van der Waals surface area contributed by atoms with Gasteiger partial charge in [0.05, 0.1) is 22.4 Å². The fourth-order valence-corrected chi connectivity index (χ4v) is 4.85. The number of rotatable bonds is 8. The Bertz CT molecular complexity index is 1540. The van der Waals surface area contributed by atoms with Crippen molar-refractivity contribution < 1.29 is 28.1 Å². The first-order chi connectivity index (χ1) is 17.2. The summed E-state index contributed by atoms with van der Waals surface area (Å²) >= 11 is 0. The molecule has 2 heterocycles. The largest absolute Gasteiger partial charge is 0.434 e. The monoisotopic (exact) mass is 535 g/mol. The number of aromatic nitrogens is 3. The van der Waals surface area contributed by atoms with E-state index in [0.29, 0.717) is 11.1 Å². The van der Waals surface area contributed by atoms with Crippen molar-refractivity contribution >= 4 is 21.5 Å². The van der Waals surface area contributed by atoms with Crippen LogP contribution in [-0.2, 0) is 22.7 Å². The smallest absolute Gasteiger partial charge is 0.389 e. The zero-order valence-electron chi connectivity index (χ0n) is 20.3. The molecule has 0 atom stereocenters. The number of fused-ring (bicyclic) bond motifs is 1. The Morgan fingerprint density at radius 2 is 1.81 bits per heavy atom. The number of hydrogen-bond donors (Lipinski definition) is 3.